The third kappa shape index (κ3) is 4.20. The lowest BCUT2D eigenvalue weighted by atomic mass is 9.86. The molecule has 0 heterocycles. The lowest BCUT2D eigenvalue weighted by Crippen LogP contribution is -2.22. The van der Waals surface area contributed by atoms with Crippen LogP contribution in [0.25, 0.3) is 0 Å². The fraction of sp³-hybridized carbons (Fsp3) is 0.800. The molecule has 0 bridgehead atoms. The molecule has 0 saturated carbocycles. The van der Waals surface area contributed by atoms with Crippen LogP contribution in [-0.4, -0.2) is 25.5 Å². The van der Waals surface area contributed by atoms with Crippen LogP contribution < -0.4 is 0 Å². The minimum Gasteiger partial charge on any atom is -0.305 e. The smallest absolute Gasteiger partial charge is 0.0191 e. The van der Waals surface area contributed by atoms with Gasteiger partial charge in [0.15, 0.2) is 0 Å². The van der Waals surface area contributed by atoms with Crippen LogP contribution in [-0.2, 0) is 0 Å². The van der Waals surface area contributed by atoms with Crippen LogP contribution in [0, 0.1) is 5.41 Å². The van der Waals surface area contributed by atoms with E-state index in [-0.39, 0.29) is 0 Å². The van der Waals surface area contributed by atoms with E-state index in [9.17, 15) is 0 Å². The second kappa shape index (κ2) is 3.91. The topological polar surface area (TPSA) is 3.24 Å². The van der Waals surface area contributed by atoms with E-state index < -0.39 is 0 Å². The van der Waals surface area contributed by atoms with E-state index in [1.807, 2.05) is 0 Å². The highest BCUT2D eigenvalue weighted by Gasteiger charge is 2.15. The zero-order valence-corrected chi connectivity index (χ0v) is 8.73. The molecule has 0 fully saturated rings. The van der Waals surface area contributed by atoms with E-state index in [1.54, 1.807) is 0 Å². The summed E-state index contributed by atoms with van der Waals surface area (Å²) in [4.78, 5) is 2.21. The molecule has 0 atom stereocenters. The van der Waals surface area contributed by atoms with Crippen LogP contribution >= 0.6 is 0 Å². The average molecular weight is 155 g/mol. The molecule has 0 saturated heterocycles. The summed E-state index contributed by atoms with van der Waals surface area (Å²) in [7, 11) is 4.21. The van der Waals surface area contributed by atoms with Crippen LogP contribution in [0.2, 0.25) is 0 Å². The minimum atomic E-state index is 0.318. The van der Waals surface area contributed by atoms with Gasteiger partial charge in [0.2, 0.25) is 0 Å². The summed E-state index contributed by atoms with van der Waals surface area (Å²) in [5, 5.41) is 0. The van der Waals surface area contributed by atoms with Gasteiger partial charge in [-0.25, -0.2) is 0 Å². The highest BCUT2D eigenvalue weighted by Crippen LogP contribution is 2.24. The second-order valence-electron chi connectivity index (χ2n) is 4.30. The molecule has 66 valence electrons. The minimum absolute atomic E-state index is 0.318. The Bertz CT molecular complexity index is 137. The molecule has 0 aromatic carbocycles. The van der Waals surface area contributed by atoms with Gasteiger partial charge < -0.3 is 4.90 Å². The maximum absolute atomic E-state index is 2.26. The van der Waals surface area contributed by atoms with Crippen LogP contribution in [0.5, 0.6) is 0 Å². The molecule has 1 nitrogen and oxygen atoms in total. The molecule has 1 heteroatoms. The Morgan fingerprint density at radius 2 is 1.73 bits per heavy atom. The first kappa shape index (κ1) is 10.7. The molecule has 0 N–H and O–H groups in total. The molecular weight excluding hydrogens is 134 g/mol. The summed E-state index contributed by atoms with van der Waals surface area (Å²) in [5.41, 5.74) is 1.82. The normalized spacial score (nSPS) is 14.3. The maximum atomic E-state index is 2.26. The molecule has 0 aromatic heterocycles. The molecule has 0 aliphatic rings. The van der Waals surface area contributed by atoms with Crippen molar-refractivity contribution in [1.82, 2.24) is 4.90 Å². The van der Waals surface area contributed by atoms with E-state index in [2.05, 4.69) is 52.8 Å². The van der Waals surface area contributed by atoms with Gasteiger partial charge in [-0.05, 0) is 26.4 Å². The van der Waals surface area contributed by atoms with Gasteiger partial charge in [0.25, 0.3) is 0 Å². The largest absolute Gasteiger partial charge is 0.305 e. The third-order valence-electron chi connectivity index (χ3n) is 1.80. The standard InChI is InChI=1S/C10H21N/c1-7-9(8-11(5)6)10(2,3)4/h7H,8H2,1-6H3/b9-7+. The van der Waals surface area contributed by atoms with Crippen LogP contribution in [0.4, 0.5) is 0 Å². The van der Waals surface area contributed by atoms with Crippen molar-refractivity contribution >= 4 is 0 Å². The first-order valence-corrected chi connectivity index (χ1v) is 4.18. The molecule has 0 unspecified atom stereocenters. The molecule has 0 rings (SSSR count). The Morgan fingerprint density at radius 3 is 1.82 bits per heavy atom. The van der Waals surface area contributed by atoms with Crippen molar-refractivity contribution in [1.29, 1.82) is 0 Å². The highest BCUT2D eigenvalue weighted by molar-refractivity contribution is 5.11. The Balaban J connectivity index is 4.21. The van der Waals surface area contributed by atoms with Crippen molar-refractivity contribution in [3.8, 4) is 0 Å². The number of rotatable bonds is 2. The molecule has 0 spiro atoms. The Morgan fingerprint density at radius 1 is 1.27 bits per heavy atom. The van der Waals surface area contributed by atoms with Gasteiger partial charge in [0.05, 0.1) is 0 Å². The van der Waals surface area contributed by atoms with Crippen molar-refractivity contribution < 1.29 is 0 Å². The quantitative estimate of drug-likeness (QED) is 0.554. The summed E-state index contributed by atoms with van der Waals surface area (Å²) in [5.74, 6) is 0. The van der Waals surface area contributed by atoms with Gasteiger partial charge >= 0.3 is 0 Å². The molecule has 0 aliphatic heterocycles. The van der Waals surface area contributed by atoms with Gasteiger partial charge in [0, 0.05) is 6.54 Å². The number of nitrogens with zero attached hydrogens (tertiary/aromatic N) is 1. The van der Waals surface area contributed by atoms with Crippen LogP contribution in [0.1, 0.15) is 27.7 Å². The Hall–Kier alpha value is -0.300. The van der Waals surface area contributed by atoms with Crippen molar-refractivity contribution in [2.45, 2.75) is 27.7 Å². The zero-order chi connectivity index (χ0) is 9.07. The Labute approximate surface area is 71.1 Å². The summed E-state index contributed by atoms with van der Waals surface area (Å²) in [6.45, 7) is 9.95. The summed E-state index contributed by atoms with van der Waals surface area (Å²) in [6.07, 6.45) is 2.22. The molecule has 0 aliphatic carbocycles. The summed E-state index contributed by atoms with van der Waals surface area (Å²) < 4.78 is 0. The fourth-order valence-corrected chi connectivity index (χ4v) is 1.10. The van der Waals surface area contributed by atoms with E-state index in [1.165, 1.54) is 5.57 Å². The van der Waals surface area contributed by atoms with E-state index in [0.29, 0.717) is 5.41 Å². The Kier molecular flexibility index (Phi) is 3.81. The molecule has 0 aromatic rings. The maximum Gasteiger partial charge on any atom is 0.0191 e. The average Bonchev–Trinajstić information content (AvgIpc) is 1.79. The number of allylic oxidation sites excluding steroid dienone is 1. The lowest BCUT2D eigenvalue weighted by Gasteiger charge is -2.25. The fourth-order valence-electron chi connectivity index (χ4n) is 1.10. The predicted molar refractivity (Wildman–Crippen MR) is 51.8 cm³/mol. The summed E-state index contributed by atoms with van der Waals surface area (Å²) in [6, 6.07) is 0. The van der Waals surface area contributed by atoms with Crippen molar-refractivity contribution in [2.24, 2.45) is 5.41 Å². The van der Waals surface area contributed by atoms with E-state index >= 15 is 0 Å². The first-order chi connectivity index (χ1) is 4.88. The predicted octanol–water partition coefficient (Wildman–Crippen LogP) is 2.54. The first-order valence-electron chi connectivity index (χ1n) is 4.18. The summed E-state index contributed by atoms with van der Waals surface area (Å²) >= 11 is 0. The number of hydrogen-bond acceptors (Lipinski definition) is 1. The van der Waals surface area contributed by atoms with Crippen molar-refractivity contribution in [3.63, 3.8) is 0 Å². The number of hydrogen-bond donors (Lipinski definition) is 0. The van der Waals surface area contributed by atoms with Gasteiger partial charge in [-0.15, -0.1) is 0 Å². The number of likely N-dealkylation sites (N-methyl/N-ethyl adjacent to an activating group) is 1. The molecule has 11 heavy (non-hydrogen) atoms. The second-order valence-corrected chi connectivity index (χ2v) is 4.30. The van der Waals surface area contributed by atoms with Gasteiger partial charge in [0.1, 0.15) is 0 Å². The van der Waals surface area contributed by atoms with E-state index in [4.69, 9.17) is 0 Å². The van der Waals surface area contributed by atoms with Gasteiger partial charge in [-0.1, -0.05) is 32.4 Å². The van der Waals surface area contributed by atoms with Crippen molar-refractivity contribution in [3.05, 3.63) is 11.6 Å². The monoisotopic (exact) mass is 155 g/mol. The van der Waals surface area contributed by atoms with Crippen LogP contribution in [0.15, 0.2) is 11.6 Å². The molecular formula is C10H21N. The van der Waals surface area contributed by atoms with E-state index in [0.717, 1.165) is 6.54 Å². The van der Waals surface area contributed by atoms with Crippen LogP contribution in [0.3, 0.4) is 0 Å². The van der Waals surface area contributed by atoms with Crippen molar-refractivity contribution in [2.75, 3.05) is 20.6 Å². The highest BCUT2D eigenvalue weighted by atomic mass is 15.0. The van der Waals surface area contributed by atoms with Gasteiger partial charge in [-0.2, -0.15) is 0 Å². The SMILES string of the molecule is C/C=C(\CN(C)C)C(C)(C)C. The molecule has 0 amide bonds. The van der Waals surface area contributed by atoms with Gasteiger partial charge in [-0.3, -0.25) is 0 Å². The molecule has 0 radical (unpaired) electrons. The third-order valence-corrected chi connectivity index (χ3v) is 1.80. The lowest BCUT2D eigenvalue weighted by molar-refractivity contribution is 0.385. The zero-order valence-electron chi connectivity index (χ0n) is 8.73.